The summed E-state index contributed by atoms with van der Waals surface area (Å²) in [6.45, 7) is 8.50. The van der Waals surface area contributed by atoms with E-state index in [1.165, 1.54) is 12.1 Å². The monoisotopic (exact) mass is 548 g/mol. The van der Waals surface area contributed by atoms with Crippen molar-refractivity contribution in [2.24, 2.45) is 0 Å². The van der Waals surface area contributed by atoms with Crippen LogP contribution in [0.25, 0.3) is 0 Å². The molecule has 3 heterocycles. The second-order valence-electron chi connectivity index (χ2n) is 11.4. The lowest BCUT2D eigenvalue weighted by Gasteiger charge is -2.40. The van der Waals surface area contributed by atoms with Gasteiger partial charge in [-0.1, -0.05) is 12.1 Å². The first-order valence-corrected chi connectivity index (χ1v) is 13.3. The highest BCUT2D eigenvalue weighted by atomic mass is 19.1. The zero-order valence-electron chi connectivity index (χ0n) is 23.2. The van der Waals surface area contributed by atoms with Crippen LogP contribution < -0.4 is 15.6 Å². The molecule has 3 atom stereocenters. The zero-order valence-corrected chi connectivity index (χ0v) is 23.2. The molecule has 2 aromatic carbocycles. The van der Waals surface area contributed by atoms with Crippen molar-refractivity contribution in [3.63, 3.8) is 0 Å². The highest BCUT2D eigenvalue weighted by Crippen LogP contribution is 2.53. The summed E-state index contributed by atoms with van der Waals surface area (Å²) in [6, 6.07) is 9.81. The van der Waals surface area contributed by atoms with Crippen molar-refractivity contribution in [2.75, 3.05) is 0 Å². The Hall–Kier alpha value is -4.05. The maximum absolute atomic E-state index is 14.6. The molecule has 210 valence electrons. The predicted molar refractivity (Wildman–Crippen MR) is 146 cm³/mol. The second-order valence-corrected chi connectivity index (χ2v) is 11.4. The molecule has 10 heteroatoms. The third-order valence-corrected chi connectivity index (χ3v) is 8.13. The lowest BCUT2D eigenvalue weighted by atomic mass is 9.82. The number of amides is 2. The minimum Gasteiger partial charge on any atom is -0.451 e. The summed E-state index contributed by atoms with van der Waals surface area (Å²) in [7, 11) is 0. The van der Waals surface area contributed by atoms with Gasteiger partial charge in [-0.3, -0.25) is 14.4 Å². The molecule has 0 spiro atoms. The first-order valence-electron chi connectivity index (χ1n) is 13.3. The van der Waals surface area contributed by atoms with Gasteiger partial charge in [-0.2, -0.15) is 5.10 Å². The minimum absolute atomic E-state index is 0.0873. The molecular formula is C30H33FN4O5. The number of nitrogens with one attached hydrogen (secondary N) is 2. The average Bonchev–Trinajstić information content (AvgIpc) is 3.40. The number of aromatic amines is 1. The Morgan fingerprint density at radius 3 is 2.62 bits per heavy atom. The molecule has 40 heavy (non-hydrogen) atoms. The van der Waals surface area contributed by atoms with Crippen molar-refractivity contribution in [3.05, 3.63) is 86.6 Å². The van der Waals surface area contributed by atoms with Crippen molar-refractivity contribution in [1.29, 1.82) is 0 Å². The van der Waals surface area contributed by atoms with Crippen molar-refractivity contribution < 1.29 is 23.8 Å². The van der Waals surface area contributed by atoms with Crippen LogP contribution in [0.15, 0.2) is 47.3 Å². The van der Waals surface area contributed by atoms with E-state index in [9.17, 15) is 23.9 Å². The number of H-pyrrole nitrogens is 1. The number of carbonyl (C=O) groups excluding carboxylic acids is 2. The number of fused-ring (bicyclic) bond motifs is 1. The molecule has 0 aliphatic carbocycles. The van der Waals surface area contributed by atoms with E-state index in [0.717, 1.165) is 0 Å². The van der Waals surface area contributed by atoms with Gasteiger partial charge in [-0.25, -0.2) is 9.49 Å². The van der Waals surface area contributed by atoms with Gasteiger partial charge < -0.3 is 20.1 Å². The third-order valence-electron chi connectivity index (χ3n) is 8.13. The van der Waals surface area contributed by atoms with E-state index in [1.807, 2.05) is 6.07 Å². The first kappa shape index (κ1) is 27.5. The molecule has 0 saturated carbocycles. The van der Waals surface area contributed by atoms with E-state index in [1.54, 1.807) is 63.8 Å². The number of hydrogen-bond acceptors (Lipinski definition) is 6. The molecule has 0 radical (unpaired) electrons. The summed E-state index contributed by atoms with van der Waals surface area (Å²) in [4.78, 5) is 40.9. The highest BCUT2D eigenvalue weighted by molar-refractivity contribution is 5.99. The molecule has 9 nitrogen and oxygen atoms in total. The molecule has 1 aromatic heterocycles. The van der Waals surface area contributed by atoms with Gasteiger partial charge in [-0.15, -0.1) is 0 Å². The van der Waals surface area contributed by atoms with Gasteiger partial charge in [-0.05, 0) is 88.4 Å². The number of ether oxygens (including phenoxy) is 1. The number of aromatic nitrogens is 2. The van der Waals surface area contributed by atoms with E-state index >= 15 is 0 Å². The summed E-state index contributed by atoms with van der Waals surface area (Å²) >= 11 is 0. The van der Waals surface area contributed by atoms with Crippen LogP contribution in [0.3, 0.4) is 0 Å². The second kappa shape index (κ2) is 9.85. The van der Waals surface area contributed by atoms with Crippen molar-refractivity contribution >= 4 is 11.8 Å². The molecule has 3 N–H and O–H groups in total. The summed E-state index contributed by atoms with van der Waals surface area (Å²) in [5.74, 6) is -0.619. The fraction of sp³-hybridized carbons (Fsp3) is 0.400. The molecular weight excluding hydrogens is 515 g/mol. The standard InChI is InChI=1S/C30H33FN4O5/c1-16-13-19(9-10-23(16)40-24-14-17(2)33-34-27(24)37)26(36)32-22-15-30(20-7-6-8-21(31)18(20)3)12-11-25(29(4,5)39)35(30)28(22)38/h6-10,13-14,22,25,39H,11-12,15H2,1-5H3,(H,32,36)(H,34,37)/t22-,25+,30+/m0/s1. The number of aliphatic hydroxyl groups is 1. The fourth-order valence-corrected chi connectivity index (χ4v) is 6.17. The first-order chi connectivity index (χ1) is 18.8. The Bertz CT molecular complexity index is 1560. The van der Waals surface area contributed by atoms with E-state index in [4.69, 9.17) is 4.74 Å². The molecule has 3 aromatic rings. The van der Waals surface area contributed by atoms with Gasteiger partial charge in [0.05, 0.1) is 22.9 Å². The van der Waals surface area contributed by atoms with Crippen molar-refractivity contribution in [1.82, 2.24) is 20.4 Å². The highest BCUT2D eigenvalue weighted by Gasteiger charge is 2.61. The van der Waals surface area contributed by atoms with Gasteiger partial charge in [0.25, 0.3) is 5.91 Å². The SMILES string of the molecule is Cc1cc(Oc2ccc(C(=O)N[C@H]3C[C@@]4(c5cccc(F)c5C)CC[C@H](C(C)(C)O)N4C3=O)cc2C)c(=O)[nH]n1. The number of hydrogen-bond donors (Lipinski definition) is 3. The molecule has 2 aliphatic rings. The van der Waals surface area contributed by atoms with Gasteiger partial charge in [0.15, 0.2) is 5.75 Å². The summed E-state index contributed by atoms with van der Waals surface area (Å²) in [5, 5.41) is 20.0. The quantitative estimate of drug-likeness (QED) is 0.431. The van der Waals surface area contributed by atoms with Gasteiger partial charge in [0.2, 0.25) is 5.91 Å². The smallest absolute Gasteiger partial charge is 0.307 e. The fourth-order valence-electron chi connectivity index (χ4n) is 6.17. The van der Waals surface area contributed by atoms with Crippen LogP contribution in [-0.4, -0.2) is 49.7 Å². The van der Waals surface area contributed by atoms with Crippen LogP contribution in [-0.2, 0) is 10.3 Å². The molecule has 0 bridgehead atoms. The largest absolute Gasteiger partial charge is 0.451 e. The van der Waals surface area contributed by atoms with Crippen LogP contribution in [0, 0.1) is 26.6 Å². The van der Waals surface area contributed by atoms with E-state index in [2.05, 4.69) is 15.5 Å². The van der Waals surface area contributed by atoms with Crippen molar-refractivity contribution in [2.45, 2.75) is 77.1 Å². The zero-order chi connectivity index (χ0) is 29.0. The van der Waals surface area contributed by atoms with E-state index in [0.29, 0.717) is 46.5 Å². The normalized spacial score (nSPS) is 22.4. The number of rotatable bonds is 6. The van der Waals surface area contributed by atoms with Crippen LogP contribution >= 0.6 is 0 Å². The van der Waals surface area contributed by atoms with E-state index in [-0.39, 0.29) is 23.9 Å². The third kappa shape index (κ3) is 4.66. The molecule has 2 fully saturated rings. The van der Waals surface area contributed by atoms with Gasteiger partial charge in [0, 0.05) is 18.1 Å². The van der Waals surface area contributed by atoms with Crippen LogP contribution in [0.1, 0.15) is 65.9 Å². The number of carbonyl (C=O) groups is 2. The predicted octanol–water partition coefficient (Wildman–Crippen LogP) is 3.79. The van der Waals surface area contributed by atoms with E-state index < -0.39 is 34.7 Å². The lowest BCUT2D eigenvalue weighted by molar-refractivity contribution is -0.138. The van der Waals surface area contributed by atoms with Crippen LogP contribution in [0.4, 0.5) is 4.39 Å². The molecule has 2 amide bonds. The maximum atomic E-state index is 14.6. The lowest BCUT2D eigenvalue weighted by Crippen LogP contribution is -2.53. The summed E-state index contributed by atoms with van der Waals surface area (Å²) < 4.78 is 20.4. The summed E-state index contributed by atoms with van der Waals surface area (Å²) in [6.07, 6.45) is 1.37. The number of aryl methyl sites for hydroxylation is 2. The van der Waals surface area contributed by atoms with Crippen LogP contribution in [0.2, 0.25) is 0 Å². The number of halogens is 1. The van der Waals surface area contributed by atoms with Gasteiger partial charge >= 0.3 is 5.56 Å². The number of benzene rings is 2. The molecule has 5 rings (SSSR count). The molecule has 2 aliphatic heterocycles. The Labute approximate surface area is 231 Å². The minimum atomic E-state index is -1.18. The van der Waals surface area contributed by atoms with Crippen molar-refractivity contribution in [3.8, 4) is 11.5 Å². The maximum Gasteiger partial charge on any atom is 0.307 e. The number of nitrogens with zero attached hydrogens (tertiary/aromatic N) is 2. The summed E-state index contributed by atoms with van der Waals surface area (Å²) in [5.41, 5.74) is 0.186. The van der Waals surface area contributed by atoms with Crippen LogP contribution in [0.5, 0.6) is 11.5 Å². The Morgan fingerprint density at radius 1 is 1.18 bits per heavy atom. The Morgan fingerprint density at radius 2 is 1.93 bits per heavy atom. The Kier molecular flexibility index (Phi) is 6.78. The topological polar surface area (TPSA) is 125 Å². The Balaban J connectivity index is 1.41. The molecule has 0 unspecified atom stereocenters. The average molecular weight is 549 g/mol. The molecule has 2 saturated heterocycles. The van der Waals surface area contributed by atoms with Gasteiger partial charge in [0.1, 0.15) is 17.6 Å².